The van der Waals surface area contributed by atoms with E-state index in [0.29, 0.717) is 6.54 Å². The molecule has 0 saturated heterocycles. The molecule has 20 heavy (non-hydrogen) atoms. The van der Waals surface area contributed by atoms with Crippen LogP contribution < -0.4 is 5.73 Å². The third-order valence-corrected chi connectivity index (χ3v) is 4.63. The number of hydrogen-bond donors (Lipinski definition) is 2. The molecule has 1 aliphatic carbocycles. The first-order valence-corrected chi connectivity index (χ1v) is 7.05. The van der Waals surface area contributed by atoms with Crippen LogP contribution >= 0.6 is 0 Å². The van der Waals surface area contributed by atoms with E-state index in [0.717, 1.165) is 24.1 Å². The molecule has 0 amide bonds. The Morgan fingerprint density at radius 1 is 1.45 bits per heavy atom. The van der Waals surface area contributed by atoms with E-state index in [2.05, 4.69) is 17.2 Å². The van der Waals surface area contributed by atoms with Crippen molar-refractivity contribution in [2.75, 3.05) is 6.54 Å². The Balaban J connectivity index is 2.09. The Morgan fingerprint density at radius 2 is 2.20 bits per heavy atom. The van der Waals surface area contributed by atoms with Gasteiger partial charge in [-0.2, -0.15) is 5.10 Å². The van der Waals surface area contributed by atoms with E-state index in [-0.39, 0.29) is 5.41 Å². The summed E-state index contributed by atoms with van der Waals surface area (Å²) in [6.45, 7) is 2.38. The number of benzene rings is 1. The van der Waals surface area contributed by atoms with Crippen molar-refractivity contribution in [3.63, 3.8) is 0 Å². The molecule has 2 unspecified atom stereocenters. The lowest BCUT2D eigenvalue weighted by atomic mass is 9.74. The average Bonchev–Trinajstić information content (AvgIpc) is 2.99. The van der Waals surface area contributed by atoms with Gasteiger partial charge in [0.2, 0.25) is 0 Å². The smallest absolute Gasteiger partial charge is 0.0931 e. The van der Waals surface area contributed by atoms with Crippen LogP contribution in [0.3, 0.4) is 0 Å². The third-order valence-electron chi connectivity index (χ3n) is 4.63. The highest BCUT2D eigenvalue weighted by Crippen LogP contribution is 2.47. The summed E-state index contributed by atoms with van der Waals surface area (Å²) < 4.78 is 1.75. The molecule has 2 atom stereocenters. The third kappa shape index (κ3) is 1.79. The van der Waals surface area contributed by atoms with Gasteiger partial charge in [0.05, 0.1) is 11.8 Å². The Kier molecular flexibility index (Phi) is 3.15. The van der Waals surface area contributed by atoms with Gasteiger partial charge in [0.25, 0.3) is 0 Å². The number of aromatic nitrogens is 2. The van der Waals surface area contributed by atoms with Gasteiger partial charge >= 0.3 is 0 Å². The van der Waals surface area contributed by atoms with Gasteiger partial charge in [-0.05, 0) is 30.9 Å². The maximum absolute atomic E-state index is 11.0. The molecule has 3 rings (SSSR count). The van der Waals surface area contributed by atoms with Gasteiger partial charge in [-0.25, -0.2) is 0 Å². The predicted octanol–water partition coefficient (Wildman–Crippen LogP) is 1.60. The van der Waals surface area contributed by atoms with Crippen molar-refractivity contribution in [2.45, 2.75) is 31.3 Å². The lowest BCUT2D eigenvalue weighted by Gasteiger charge is -2.34. The zero-order valence-corrected chi connectivity index (χ0v) is 12.0. The summed E-state index contributed by atoms with van der Waals surface area (Å²) in [5.41, 5.74) is 9.96. The zero-order valence-electron chi connectivity index (χ0n) is 12.0. The number of aliphatic hydroxyl groups is 1. The molecule has 1 aromatic carbocycles. The molecule has 0 spiro atoms. The molecule has 1 heterocycles. The Labute approximate surface area is 119 Å². The number of hydrogen-bond acceptors (Lipinski definition) is 3. The molecule has 1 aromatic heterocycles. The van der Waals surface area contributed by atoms with Crippen LogP contribution in [0.25, 0.3) is 0 Å². The maximum Gasteiger partial charge on any atom is 0.0931 e. The number of nitrogens with zero attached hydrogens (tertiary/aromatic N) is 2. The highest BCUT2D eigenvalue weighted by molar-refractivity contribution is 5.43. The van der Waals surface area contributed by atoms with Crippen molar-refractivity contribution in [3.8, 4) is 0 Å². The molecule has 0 fully saturated rings. The quantitative estimate of drug-likeness (QED) is 0.891. The summed E-state index contributed by atoms with van der Waals surface area (Å²) in [5, 5.41) is 15.3. The minimum absolute atomic E-state index is 0.385. The van der Waals surface area contributed by atoms with Gasteiger partial charge in [-0.3, -0.25) is 4.68 Å². The van der Waals surface area contributed by atoms with Crippen molar-refractivity contribution in [3.05, 3.63) is 52.8 Å². The summed E-state index contributed by atoms with van der Waals surface area (Å²) in [4.78, 5) is 0. The van der Waals surface area contributed by atoms with Crippen LogP contribution in [-0.2, 0) is 18.9 Å². The number of aliphatic hydroxyl groups excluding tert-OH is 1. The van der Waals surface area contributed by atoms with Crippen molar-refractivity contribution in [1.29, 1.82) is 0 Å². The van der Waals surface area contributed by atoms with Gasteiger partial charge in [0.15, 0.2) is 0 Å². The lowest BCUT2D eigenvalue weighted by Crippen LogP contribution is -2.39. The van der Waals surface area contributed by atoms with E-state index < -0.39 is 6.10 Å². The minimum atomic E-state index is -0.607. The van der Waals surface area contributed by atoms with E-state index >= 15 is 0 Å². The molecule has 3 N–H and O–H groups in total. The van der Waals surface area contributed by atoms with Gasteiger partial charge < -0.3 is 10.8 Å². The SMILES string of the molecule is Cc1nn(C)cc1C(O)C1(CN)CCc2ccccc21. The zero-order chi connectivity index (χ0) is 14.3. The molecule has 2 aromatic rings. The van der Waals surface area contributed by atoms with Crippen LogP contribution in [-0.4, -0.2) is 21.4 Å². The molecule has 106 valence electrons. The second-order valence-electron chi connectivity index (χ2n) is 5.76. The van der Waals surface area contributed by atoms with Crippen LogP contribution in [0.5, 0.6) is 0 Å². The van der Waals surface area contributed by atoms with E-state index in [1.165, 1.54) is 11.1 Å². The molecular weight excluding hydrogens is 250 g/mol. The minimum Gasteiger partial charge on any atom is -0.387 e. The maximum atomic E-state index is 11.0. The molecule has 0 radical (unpaired) electrons. The first-order valence-electron chi connectivity index (χ1n) is 7.05. The topological polar surface area (TPSA) is 64.1 Å². The average molecular weight is 271 g/mol. The number of nitrogens with two attached hydrogens (primary N) is 1. The van der Waals surface area contributed by atoms with Crippen LogP contribution in [0.4, 0.5) is 0 Å². The first-order chi connectivity index (χ1) is 9.58. The van der Waals surface area contributed by atoms with Gasteiger partial charge in [-0.15, -0.1) is 0 Å². The molecule has 4 heteroatoms. The van der Waals surface area contributed by atoms with Gasteiger partial charge in [-0.1, -0.05) is 24.3 Å². The Bertz CT molecular complexity index is 634. The van der Waals surface area contributed by atoms with Crippen molar-refractivity contribution in [1.82, 2.24) is 9.78 Å². The highest BCUT2D eigenvalue weighted by atomic mass is 16.3. The van der Waals surface area contributed by atoms with Crippen LogP contribution in [0, 0.1) is 6.92 Å². The lowest BCUT2D eigenvalue weighted by molar-refractivity contribution is 0.0834. The summed E-state index contributed by atoms with van der Waals surface area (Å²) in [5.74, 6) is 0. The number of fused-ring (bicyclic) bond motifs is 1. The van der Waals surface area contributed by atoms with E-state index in [1.807, 2.05) is 32.3 Å². The molecular formula is C16H21N3O. The van der Waals surface area contributed by atoms with E-state index in [1.54, 1.807) is 4.68 Å². The van der Waals surface area contributed by atoms with E-state index in [4.69, 9.17) is 5.73 Å². The number of rotatable bonds is 3. The van der Waals surface area contributed by atoms with Crippen LogP contribution in [0.15, 0.2) is 30.5 Å². The molecule has 4 nitrogen and oxygen atoms in total. The summed E-state index contributed by atoms with van der Waals surface area (Å²) in [6.07, 6.45) is 3.16. The fraction of sp³-hybridized carbons (Fsp3) is 0.438. The molecule has 0 aliphatic heterocycles. The summed E-state index contributed by atoms with van der Waals surface area (Å²) >= 11 is 0. The first kappa shape index (κ1) is 13.3. The standard InChI is InChI=1S/C16H21N3O/c1-11-13(9-19(2)18-11)15(20)16(10-17)8-7-12-5-3-4-6-14(12)16/h3-6,9,15,20H,7-8,10,17H2,1-2H3. The number of aryl methyl sites for hydroxylation is 3. The normalized spacial score (nSPS) is 22.8. The highest BCUT2D eigenvalue weighted by Gasteiger charge is 2.44. The molecule has 0 saturated carbocycles. The monoisotopic (exact) mass is 271 g/mol. The second kappa shape index (κ2) is 4.72. The molecule has 0 bridgehead atoms. The largest absolute Gasteiger partial charge is 0.387 e. The van der Waals surface area contributed by atoms with Crippen LogP contribution in [0.2, 0.25) is 0 Å². The van der Waals surface area contributed by atoms with Gasteiger partial charge in [0, 0.05) is 30.8 Å². The van der Waals surface area contributed by atoms with Crippen molar-refractivity contribution in [2.24, 2.45) is 12.8 Å². The van der Waals surface area contributed by atoms with E-state index in [9.17, 15) is 5.11 Å². The fourth-order valence-electron chi connectivity index (χ4n) is 3.51. The Hall–Kier alpha value is -1.65. The van der Waals surface area contributed by atoms with Crippen LogP contribution in [0.1, 0.15) is 34.9 Å². The summed E-state index contributed by atoms with van der Waals surface area (Å²) in [7, 11) is 1.88. The van der Waals surface area contributed by atoms with Crippen molar-refractivity contribution < 1.29 is 5.11 Å². The molecule has 1 aliphatic rings. The fourth-order valence-corrected chi connectivity index (χ4v) is 3.51. The predicted molar refractivity (Wildman–Crippen MR) is 78.4 cm³/mol. The van der Waals surface area contributed by atoms with Gasteiger partial charge in [0.1, 0.15) is 0 Å². The Morgan fingerprint density at radius 3 is 2.85 bits per heavy atom. The summed E-state index contributed by atoms with van der Waals surface area (Å²) in [6, 6.07) is 8.31. The second-order valence-corrected chi connectivity index (χ2v) is 5.76. The van der Waals surface area contributed by atoms with Crippen molar-refractivity contribution >= 4 is 0 Å².